The summed E-state index contributed by atoms with van der Waals surface area (Å²) in [6.45, 7) is 3.41. The van der Waals surface area contributed by atoms with E-state index in [2.05, 4.69) is 30.0 Å². The van der Waals surface area contributed by atoms with Gasteiger partial charge in [-0.2, -0.15) is 0 Å². The highest BCUT2D eigenvalue weighted by molar-refractivity contribution is 9.08. The van der Waals surface area contributed by atoms with Crippen LogP contribution in [0.15, 0.2) is 24.3 Å². The molecular weight excluding hydrogens is 335 g/mol. The van der Waals surface area contributed by atoms with Gasteiger partial charge in [-0.15, -0.1) is 0 Å². The van der Waals surface area contributed by atoms with Crippen LogP contribution < -0.4 is 0 Å². The third kappa shape index (κ3) is 5.16. The molecule has 1 fully saturated rings. The maximum Gasteiger partial charge on any atom is 0.253 e. The van der Waals surface area contributed by atoms with Gasteiger partial charge in [0.05, 0.1) is 0 Å². The van der Waals surface area contributed by atoms with Crippen molar-refractivity contribution in [3.63, 3.8) is 0 Å². The Labute approximate surface area is 133 Å². The van der Waals surface area contributed by atoms with Crippen LogP contribution in [-0.2, 0) is 6.42 Å². The topological polar surface area (TPSA) is 23.6 Å². The van der Waals surface area contributed by atoms with Crippen molar-refractivity contribution in [2.24, 2.45) is 0 Å². The Bertz CT molecular complexity index is 422. The van der Waals surface area contributed by atoms with Crippen molar-refractivity contribution < 1.29 is 4.79 Å². The van der Waals surface area contributed by atoms with Gasteiger partial charge in [0.2, 0.25) is 0 Å². The van der Waals surface area contributed by atoms with Crippen molar-refractivity contribution in [2.45, 2.75) is 19.3 Å². The minimum Gasteiger partial charge on any atom is -0.341 e. The molecule has 0 aliphatic carbocycles. The molecule has 1 atom stereocenters. The van der Waals surface area contributed by atoms with Gasteiger partial charge in [0.25, 0.3) is 5.91 Å². The van der Waals surface area contributed by atoms with Crippen molar-refractivity contribution >= 4 is 31.2 Å². The molecule has 1 amide bonds. The molecule has 1 saturated heterocycles. The van der Waals surface area contributed by atoms with Crippen molar-refractivity contribution in [3.8, 4) is 0 Å². The molecule has 112 valence electrons. The molecule has 20 heavy (non-hydrogen) atoms. The average Bonchev–Trinajstić information content (AvgIpc) is 2.97. The number of amides is 1. The highest BCUT2D eigenvalue weighted by atomic mass is 79.9. The van der Waals surface area contributed by atoms with Crippen LogP contribution in [0, 0.1) is 0 Å². The normalized spacial score (nSPS) is 17.6. The second-order valence-electron chi connectivity index (χ2n) is 4.88. The molecule has 1 aromatic carbocycles. The van der Waals surface area contributed by atoms with E-state index < -0.39 is 0 Å². The summed E-state index contributed by atoms with van der Waals surface area (Å²) in [5, 5.41) is 0. The summed E-state index contributed by atoms with van der Waals surface area (Å²) < 4.78 is 2.28. The highest BCUT2D eigenvalue weighted by Crippen LogP contribution is 2.16. The summed E-state index contributed by atoms with van der Waals surface area (Å²) in [6.07, 6.45) is 3.77. The summed E-state index contributed by atoms with van der Waals surface area (Å²) in [5.74, 6) is 1.96. The van der Waals surface area contributed by atoms with E-state index >= 15 is 0 Å². The van der Waals surface area contributed by atoms with Crippen molar-refractivity contribution in [3.05, 3.63) is 35.4 Å². The van der Waals surface area contributed by atoms with E-state index in [1.807, 2.05) is 37.1 Å². The Balaban J connectivity index is 0.000000211. The SMILES string of the molecule is CBr.CN1CCc2ccccc2C1=O.PN1CCCC1. The Hall–Kier alpha value is -0.440. The van der Waals surface area contributed by atoms with Gasteiger partial charge in [0.1, 0.15) is 0 Å². The lowest BCUT2D eigenvalue weighted by atomic mass is 10.00. The Morgan fingerprint density at radius 2 is 1.70 bits per heavy atom. The Morgan fingerprint density at radius 3 is 2.25 bits per heavy atom. The number of hydrogen-bond acceptors (Lipinski definition) is 2. The third-order valence-electron chi connectivity index (χ3n) is 3.45. The van der Waals surface area contributed by atoms with E-state index in [-0.39, 0.29) is 5.91 Å². The lowest BCUT2D eigenvalue weighted by Crippen LogP contribution is -2.33. The van der Waals surface area contributed by atoms with Crippen molar-refractivity contribution in [1.82, 2.24) is 9.57 Å². The van der Waals surface area contributed by atoms with E-state index in [1.54, 1.807) is 4.90 Å². The fourth-order valence-electron chi connectivity index (χ4n) is 2.28. The van der Waals surface area contributed by atoms with Gasteiger partial charge in [-0.25, -0.2) is 0 Å². The largest absolute Gasteiger partial charge is 0.341 e. The number of benzene rings is 1. The summed E-state index contributed by atoms with van der Waals surface area (Å²) in [6, 6.07) is 7.82. The zero-order chi connectivity index (χ0) is 15.0. The Kier molecular flexibility index (Phi) is 8.35. The molecule has 1 unspecified atom stereocenters. The number of halogens is 1. The average molecular weight is 359 g/mol. The molecule has 0 bridgehead atoms. The van der Waals surface area contributed by atoms with Crippen LogP contribution in [0.4, 0.5) is 0 Å². The molecule has 2 aliphatic rings. The quantitative estimate of drug-likeness (QED) is 0.525. The standard InChI is InChI=1S/C10H11NO.C4H10NP.CH3Br/c1-11-7-6-8-4-2-3-5-9(8)10(11)12;6-5-3-1-2-4-5;1-2/h2-5H,6-7H2,1H3;1-4,6H2;1H3. The number of carbonyl (C=O) groups is 1. The third-order valence-corrected chi connectivity index (χ3v) is 3.97. The van der Waals surface area contributed by atoms with Gasteiger partial charge in [-0.05, 0) is 36.7 Å². The highest BCUT2D eigenvalue weighted by Gasteiger charge is 2.19. The summed E-state index contributed by atoms with van der Waals surface area (Å²) >= 11 is 2.94. The first-order chi connectivity index (χ1) is 9.68. The van der Waals surface area contributed by atoms with Crippen molar-refractivity contribution in [2.75, 3.05) is 32.5 Å². The molecule has 5 heteroatoms. The zero-order valence-corrected chi connectivity index (χ0v) is 15.1. The lowest BCUT2D eigenvalue weighted by molar-refractivity contribution is 0.0781. The number of alkyl halides is 1. The van der Waals surface area contributed by atoms with E-state index in [4.69, 9.17) is 0 Å². The fraction of sp³-hybridized carbons (Fsp3) is 0.533. The molecule has 1 aromatic rings. The maximum absolute atomic E-state index is 11.5. The number of rotatable bonds is 0. The number of fused-ring (bicyclic) bond motifs is 1. The van der Waals surface area contributed by atoms with E-state index in [1.165, 1.54) is 31.5 Å². The first kappa shape index (κ1) is 17.6. The van der Waals surface area contributed by atoms with Crippen LogP contribution in [0.5, 0.6) is 0 Å². The molecule has 3 nitrogen and oxygen atoms in total. The van der Waals surface area contributed by atoms with E-state index in [9.17, 15) is 4.79 Å². The molecule has 0 radical (unpaired) electrons. The van der Waals surface area contributed by atoms with Gasteiger partial charge in [-0.3, -0.25) is 9.46 Å². The molecule has 0 aromatic heterocycles. The van der Waals surface area contributed by atoms with Crippen molar-refractivity contribution in [1.29, 1.82) is 0 Å². The van der Waals surface area contributed by atoms with Gasteiger partial charge in [0.15, 0.2) is 0 Å². The smallest absolute Gasteiger partial charge is 0.253 e. The monoisotopic (exact) mass is 358 g/mol. The van der Waals surface area contributed by atoms with Gasteiger partial charge < -0.3 is 4.90 Å². The fourth-order valence-corrected chi connectivity index (χ4v) is 2.65. The lowest BCUT2D eigenvalue weighted by Gasteiger charge is -2.24. The molecule has 0 saturated carbocycles. The Morgan fingerprint density at radius 1 is 1.10 bits per heavy atom. The van der Waals surface area contributed by atoms with Gasteiger partial charge >= 0.3 is 0 Å². The number of nitrogens with zero attached hydrogens (tertiary/aromatic N) is 2. The minimum atomic E-state index is 0.150. The summed E-state index contributed by atoms with van der Waals surface area (Å²) in [5.41, 5.74) is 2.05. The molecule has 2 aliphatic heterocycles. The second-order valence-corrected chi connectivity index (χ2v) is 5.61. The van der Waals surface area contributed by atoms with Crippen LogP contribution in [0.2, 0.25) is 0 Å². The summed E-state index contributed by atoms with van der Waals surface area (Å²) in [7, 11) is 4.55. The number of likely N-dealkylation sites (N-methyl/N-ethyl adjacent to an activating group) is 1. The zero-order valence-electron chi connectivity index (χ0n) is 12.3. The van der Waals surface area contributed by atoms with Crippen LogP contribution >= 0.6 is 25.3 Å². The minimum absolute atomic E-state index is 0.150. The maximum atomic E-state index is 11.5. The first-order valence-electron chi connectivity index (χ1n) is 6.89. The summed E-state index contributed by atoms with van der Waals surface area (Å²) in [4.78, 5) is 13.3. The van der Waals surface area contributed by atoms with Crippen LogP contribution in [0.25, 0.3) is 0 Å². The van der Waals surface area contributed by atoms with Crippen LogP contribution in [-0.4, -0.2) is 48.0 Å². The number of hydrogen-bond donors (Lipinski definition) is 0. The van der Waals surface area contributed by atoms with Gasteiger partial charge in [0, 0.05) is 32.2 Å². The number of carbonyl (C=O) groups excluding carboxylic acids is 1. The van der Waals surface area contributed by atoms with E-state index in [0.29, 0.717) is 0 Å². The molecule has 0 spiro atoms. The molecule has 2 heterocycles. The van der Waals surface area contributed by atoms with Crippen LogP contribution in [0.1, 0.15) is 28.8 Å². The van der Waals surface area contributed by atoms with E-state index in [0.717, 1.165) is 18.5 Å². The molecule has 3 rings (SSSR count). The predicted molar refractivity (Wildman–Crippen MR) is 92.5 cm³/mol. The molecule has 0 N–H and O–H groups in total. The molecular formula is C15H24BrN2OP. The second kappa shape index (κ2) is 9.49. The van der Waals surface area contributed by atoms with Crippen LogP contribution in [0.3, 0.4) is 0 Å². The first-order valence-corrected chi connectivity index (χ1v) is 8.99. The predicted octanol–water partition coefficient (Wildman–Crippen LogP) is 3.20. The van der Waals surface area contributed by atoms with Gasteiger partial charge in [-0.1, -0.05) is 43.5 Å².